The van der Waals surface area contributed by atoms with Crippen molar-refractivity contribution in [2.45, 2.75) is 13.0 Å². The molecule has 2 aromatic heterocycles. The average molecular weight is 471 g/mol. The lowest BCUT2D eigenvalue weighted by Gasteiger charge is -2.10. The summed E-state index contributed by atoms with van der Waals surface area (Å²) in [6.45, 7) is 0.458. The van der Waals surface area contributed by atoms with Crippen LogP contribution >= 0.6 is 22.6 Å². The molecule has 0 aliphatic carbocycles. The largest absolute Gasteiger partial charge is 0.396 e. The Balaban J connectivity index is 1.84. The van der Waals surface area contributed by atoms with Gasteiger partial charge in [-0.1, -0.05) is 18.2 Å². The van der Waals surface area contributed by atoms with Crippen molar-refractivity contribution in [1.82, 2.24) is 14.5 Å². The lowest BCUT2D eigenvalue weighted by atomic mass is 10.1. The first-order chi connectivity index (χ1) is 13.2. The number of aromatic amines is 1. The lowest BCUT2D eigenvalue weighted by Crippen LogP contribution is -2.24. The highest BCUT2D eigenvalue weighted by atomic mass is 127. The van der Waals surface area contributed by atoms with Crippen LogP contribution in [0.4, 0.5) is 0 Å². The van der Waals surface area contributed by atoms with Crippen molar-refractivity contribution in [3.63, 3.8) is 0 Å². The maximum atomic E-state index is 13.0. The first-order valence-electron chi connectivity index (χ1n) is 8.72. The van der Waals surface area contributed by atoms with E-state index >= 15 is 0 Å². The number of hydrogen-bond acceptors (Lipinski definition) is 3. The van der Waals surface area contributed by atoms with Crippen LogP contribution in [0.2, 0.25) is 0 Å². The molecule has 2 aromatic carbocycles. The number of H-pyrrole nitrogens is 1. The number of aliphatic hydroxyl groups is 1. The van der Waals surface area contributed by atoms with Crippen LogP contribution in [0.1, 0.15) is 17.8 Å². The van der Waals surface area contributed by atoms with Crippen molar-refractivity contribution in [3.05, 3.63) is 74.0 Å². The second-order valence-corrected chi connectivity index (χ2v) is 7.53. The molecule has 4 rings (SSSR count). The molecule has 136 valence electrons. The minimum atomic E-state index is -0.0782. The Labute approximate surface area is 169 Å². The first kappa shape index (κ1) is 17.9. The predicted octanol–water partition coefficient (Wildman–Crippen LogP) is 4.04. The Morgan fingerprint density at radius 1 is 1.15 bits per heavy atom. The second-order valence-electron chi connectivity index (χ2n) is 6.29. The van der Waals surface area contributed by atoms with Gasteiger partial charge >= 0.3 is 0 Å². The van der Waals surface area contributed by atoms with Gasteiger partial charge in [-0.05, 0) is 71.0 Å². The average Bonchev–Trinajstić information content (AvgIpc) is 3.09. The fourth-order valence-corrected chi connectivity index (χ4v) is 3.67. The summed E-state index contributed by atoms with van der Waals surface area (Å²) in [6.07, 6.45) is 6.28. The summed E-state index contributed by atoms with van der Waals surface area (Å²) in [5.41, 5.74) is 2.71. The SMILES string of the molecule is O=c1c2cc(I)ccc2nc(/C=C/c2c[nH]c3ccccc23)n1CCCO. The van der Waals surface area contributed by atoms with Crippen molar-refractivity contribution in [3.8, 4) is 0 Å². The molecule has 0 unspecified atom stereocenters. The molecule has 27 heavy (non-hydrogen) atoms. The number of benzene rings is 2. The zero-order chi connectivity index (χ0) is 18.8. The number of hydrogen-bond donors (Lipinski definition) is 2. The molecule has 6 heteroatoms. The monoisotopic (exact) mass is 471 g/mol. The summed E-state index contributed by atoms with van der Waals surface area (Å²) in [7, 11) is 0. The summed E-state index contributed by atoms with van der Waals surface area (Å²) in [4.78, 5) is 20.9. The molecule has 0 atom stereocenters. The van der Waals surface area contributed by atoms with Crippen LogP contribution in [0.25, 0.3) is 34.0 Å². The van der Waals surface area contributed by atoms with E-state index in [4.69, 9.17) is 4.98 Å². The number of rotatable bonds is 5. The molecule has 4 aromatic rings. The van der Waals surface area contributed by atoms with Gasteiger partial charge in [0.15, 0.2) is 0 Å². The Bertz CT molecular complexity index is 1210. The minimum absolute atomic E-state index is 0.0302. The fraction of sp³-hybridized carbons (Fsp3) is 0.143. The number of nitrogens with zero attached hydrogens (tertiary/aromatic N) is 2. The molecule has 0 aliphatic heterocycles. The summed E-state index contributed by atoms with van der Waals surface area (Å²) >= 11 is 2.19. The van der Waals surface area contributed by atoms with Gasteiger partial charge in [-0.25, -0.2) is 4.98 Å². The molecule has 0 amide bonds. The lowest BCUT2D eigenvalue weighted by molar-refractivity contribution is 0.278. The number of para-hydroxylation sites is 1. The Hall–Kier alpha value is -2.45. The van der Waals surface area contributed by atoms with Gasteiger partial charge in [-0.15, -0.1) is 0 Å². The highest BCUT2D eigenvalue weighted by Gasteiger charge is 2.10. The smallest absolute Gasteiger partial charge is 0.261 e. The molecule has 0 saturated carbocycles. The van der Waals surface area contributed by atoms with Crippen molar-refractivity contribution in [2.24, 2.45) is 0 Å². The number of aliphatic hydroxyl groups excluding tert-OH is 1. The van der Waals surface area contributed by atoms with Gasteiger partial charge in [0.25, 0.3) is 5.56 Å². The van der Waals surface area contributed by atoms with E-state index in [9.17, 15) is 9.90 Å². The second kappa shape index (κ2) is 7.66. The van der Waals surface area contributed by atoms with Gasteiger partial charge in [0, 0.05) is 33.8 Å². The van der Waals surface area contributed by atoms with E-state index in [2.05, 4.69) is 33.6 Å². The first-order valence-corrected chi connectivity index (χ1v) is 9.80. The van der Waals surface area contributed by atoms with E-state index in [1.165, 1.54) is 0 Å². The molecule has 0 bridgehead atoms. The van der Waals surface area contributed by atoms with Crippen LogP contribution in [0.3, 0.4) is 0 Å². The van der Waals surface area contributed by atoms with Gasteiger partial charge in [-0.3, -0.25) is 9.36 Å². The predicted molar refractivity (Wildman–Crippen MR) is 118 cm³/mol. The third-order valence-electron chi connectivity index (χ3n) is 4.52. The van der Waals surface area contributed by atoms with Gasteiger partial charge < -0.3 is 10.1 Å². The summed E-state index contributed by atoms with van der Waals surface area (Å²) < 4.78 is 2.63. The van der Waals surface area contributed by atoms with Gasteiger partial charge in [0.05, 0.1) is 10.9 Å². The Kier molecular flexibility index (Phi) is 5.09. The van der Waals surface area contributed by atoms with Crippen LogP contribution in [0, 0.1) is 3.57 Å². The van der Waals surface area contributed by atoms with Gasteiger partial charge in [-0.2, -0.15) is 0 Å². The van der Waals surface area contributed by atoms with E-state index in [-0.39, 0.29) is 12.2 Å². The van der Waals surface area contributed by atoms with E-state index in [0.717, 1.165) is 20.0 Å². The zero-order valence-electron chi connectivity index (χ0n) is 14.5. The third kappa shape index (κ3) is 3.54. The van der Waals surface area contributed by atoms with E-state index in [1.807, 2.05) is 54.7 Å². The van der Waals surface area contributed by atoms with E-state index in [1.54, 1.807) is 4.57 Å². The molecule has 0 saturated heterocycles. The van der Waals surface area contributed by atoms with Crippen molar-refractivity contribution in [2.75, 3.05) is 6.61 Å². The molecule has 2 N–H and O–H groups in total. The Morgan fingerprint density at radius 2 is 2.00 bits per heavy atom. The third-order valence-corrected chi connectivity index (χ3v) is 5.19. The molecule has 0 spiro atoms. The topological polar surface area (TPSA) is 70.9 Å². The normalized spacial score (nSPS) is 11.8. The number of aromatic nitrogens is 3. The highest BCUT2D eigenvalue weighted by molar-refractivity contribution is 14.1. The number of fused-ring (bicyclic) bond motifs is 2. The molecule has 0 radical (unpaired) electrons. The molecule has 5 nitrogen and oxygen atoms in total. The van der Waals surface area contributed by atoms with Crippen LogP contribution in [-0.2, 0) is 6.54 Å². The summed E-state index contributed by atoms with van der Waals surface area (Å²) in [5, 5.41) is 10.9. The quantitative estimate of drug-likeness (QED) is 0.432. The number of halogens is 1. The summed E-state index contributed by atoms with van der Waals surface area (Å²) in [6, 6.07) is 13.7. The maximum Gasteiger partial charge on any atom is 0.261 e. The van der Waals surface area contributed by atoms with Crippen LogP contribution in [0.5, 0.6) is 0 Å². The van der Waals surface area contributed by atoms with E-state index < -0.39 is 0 Å². The van der Waals surface area contributed by atoms with Gasteiger partial charge in [0.2, 0.25) is 0 Å². The zero-order valence-corrected chi connectivity index (χ0v) is 16.7. The standard InChI is InChI=1S/C21H18IN3O2/c22-15-7-8-19-17(12-15)21(27)25(10-3-11-26)20(24-19)9-6-14-13-23-18-5-2-1-4-16(14)18/h1-2,4-9,12-13,23,26H,3,10-11H2/b9-6+. The molecule has 2 heterocycles. The maximum absolute atomic E-state index is 13.0. The fourth-order valence-electron chi connectivity index (χ4n) is 3.18. The van der Waals surface area contributed by atoms with Crippen LogP contribution < -0.4 is 5.56 Å². The number of nitrogens with one attached hydrogen (secondary N) is 1. The van der Waals surface area contributed by atoms with Crippen molar-refractivity contribution < 1.29 is 5.11 Å². The highest BCUT2D eigenvalue weighted by Crippen LogP contribution is 2.20. The van der Waals surface area contributed by atoms with Gasteiger partial charge in [0.1, 0.15) is 5.82 Å². The van der Waals surface area contributed by atoms with Crippen molar-refractivity contribution >= 4 is 56.5 Å². The van der Waals surface area contributed by atoms with Crippen molar-refractivity contribution in [1.29, 1.82) is 0 Å². The van der Waals surface area contributed by atoms with E-state index in [0.29, 0.717) is 29.7 Å². The minimum Gasteiger partial charge on any atom is -0.396 e. The molecular weight excluding hydrogens is 453 g/mol. The summed E-state index contributed by atoms with van der Waals surface area (Å²) in [5.74, 6) is 0.590. The Morgan fingerprint density at radius 3 is 2.85 bits per heavy atom. The van der Waals surface area contributed by atoms with Crippen LogP contribution in [0.15, 0.2) is 53.5 Å². The molecule has 0 aliphatic rings. The molecular formula is C21H18IN3O2. The molecule has 0 fully saturated rings. The van der Waals surface area contributed by atoms with Crippen LogP contribution in [-0.4, -0.2) is 26.2 Å².